The van der Waals surface area contributed by atoms with Gasteiger partial charge < -0.3 is 5.32 Å². The molecular formula is C17H27N. The predicted octanol–water partition coefficient (Wildman–Crippen LogP) is 4.27. The summed E-state index contributed by atoms with van der Waals surface area (Å²) in [5.74, 6) is 0.690. The van der Waals surface area contributed by atoms with Gasteiger partial charge in [0.25, 0.3) is 0 Å². The first-order valence-electron chi connectivity index (χ1n) is 7.62. The molecule has 0 heterocycles. The van der Waals surface area contributed by atoms with Crippen LogP contribution in [0.4, 0.5) is 0 Å². The molecule has 100 valence electrons. The summed E-state index contributed by atoms with van der Waals surface area (Å²) >= 11 is 0. The summed E-state index contributed by atoms with van der Waals surface area (Å²) in [7, 11) is 0. The van der Waals surface area contributed by atoms with Gasteiger partial charge >= 0.3 is 0 Å². The lowest BCUT2D eigenvalue weighted by Crippen LogP contribution is -2.27. The fraction of sp³-hybridized carbons (Fsp3) is 0.647. The Labute approximate surface area is 112 Å². The zero-order chi connectivity index (χ0) is 12.8. The van der Waals surface area contributed by atoms with E-state index in [1.54, 1.807) is 0 Å². The van der Waals surface area contributed by atoms with E-state index in [9.17, 15) is 0 Å². The van der Waals surface area contributed by atoms with E-state index in [1.165, 1.54) is 43.2 Å². The molecule has 0 spiro atoms. The highest BCUT2D eigenvalue weighted by Gasteiger charge is 2.13. The maximum Gasteiger partial charge on any atom is 0.00671 e. The normalized spacial score (nSPS) is 18.1. The molecule has 1 aromatic carbocycles. The Morgan fingerprint density at radius 2 is 1.83 bits per heavy atom. The summed E-state index contributed by atoms with van der Waals surface area (Å²) in [6, 6.07) is 10.0. The van der Waals surface area contributed by atoms with Crippen LogP contribution in [0.25, 0.3) is 0 Å². The smallest absolute Gasteiger partial charge is 0.00671 e. The van der Waals surface area contributed by atoms with Crippen molar-refractivity contribution in [2.75, 3.05) is 6.54 Å². The molecule has 1 fully saturated rings. The Hall–Kier alpha value is -0.820. The second-order valence-corrected chi connectivity index (χ2v) is 5.74. The first-order valence-corrected chi connectivity index (χ1v) is 7.62. The van der Waals surface area contributed by atoms with Crippen molar-refractivity contribution >= 4 is 0 Å². The van der Waals surface area contributed by atoms with Crippen LogP contribution in [0.3, 0.4) is 0 Å². The molecule has 1 aliphatic carbocycles. The van der Waals surface area contributed by atoms with Crippen LogP contribution in [0.5, 0.6) is 0 Å². The molecule has 1 nitrogen and oxygen atoms in total. The lowest BCUT2D eigenvalue weighted by molar-refractivity contribution is 0.528. The van der Waals surface area contributed by atoms with Crippen LogP contribution in [-0.2, 0) is 6.42 Å². The van der Waals surface area contributed by atoms with Gasteiger partial charge in [-0.3, -0.25) is 0 Å². The monoisotopic (exact) mass is 245 g/mol. The van der Waals surface area contributed by atoms with E-state index in [4.69, 9.17) is 0 Å². The molecule has 0 aliphatic heterocycles. The van der Waals surface area contributed by atoms with Crippen LogP contribution in [-0.4, -0.2) is 12.6 Å². The second-order valence-electron chi connectivity index (χ2n) is 5.74. The molecule has 1 atom stereocenters. The number of benzene rings is 1. The average molecular weight is 245 g/mol. The molecule has 0 aromatic heterocycles. The zero-order valence-electron chi connectivity index (χ0n) is 11.9. The molecule has 0 saturated heterocycles. The van der Waals surface area contributed by atoms with Gasteiger partial charge in [-0.25, -0.2) is 0 Å². The zero-order valence-corrected chi connectivity index (χ0v) is 11.9. The highest BCUT2D eigenvalue weighted by molar-refractivity contribution is 5.25. The van der Waals surface area contributed by atoms with Gasteiger partial charge in [0.05, 0.1) is 0 Å². The third-order valence-electron chi connectivity index (χ3n) is 4.36. The SMILES string of the molecule is CCC(C)c1ccc(CCNC2CCCC2)cc1. The minimum absolute atomic E-state index is 0.690. The first-order chi connectivity index (χ1) is 8.79. The molecule has 1 aliphatic rings. The van der Waals surface area contributed by atoms with E-state index in [0.29, 0.717) is 5.92 Å². The highest BCUT2D eigenvalue weighted by atomic mass is 14.9. The van der Waals surface area contributed by atoms with E-state index >= 15 is 0 Å². The van der Waals surface area contributed by atoms with Gasteiger partial charge in [0.2, 0.25) is 0 Å². The van der Waals surface area contributed by atoms with Gasteiger partial charge in [0, 0.05) is 6.04 Å². The lowest BCUT2D eigenvalue weighted by atomic mass is 9.97. The summed E-state index contributed by atoms with van der Waals surface area (Å²) in [6.07, 6.45) is 7.99. The van der Waals surface area contributed by atoms with E-state index in [1.807, 2.05) is 0 Å². The first kappa shape index (κ1) is 13.6. The van der Waals surface area contributed by atoms with Gasteiger partial charge in [-0.2, -0.15) is 0 Å². The van der Waals surface area contributed by atoms with Crippen molar-refractivity contribution in [3.8, 4) is 0 Å². The average Bonchev–Trinajstić information content (AvgIpc) is 2.92. The molecule has 0 radical (unpaired) electrons. The van der Waals surface area contributed by atoms with Gasteiger partial charge in [-0.15, -0.1) is 0 Å². The van der Waals surface area contributed by atoms with Crippen LogP contribution >= 0.6 is 0 Å². The minimum atomic E-state index is 0.690. The molecule has 1 unspecified atom stereocenters. The van der Waals surface area contributed by atoms with Crippen LogP contribution in [0.1, 0.15) is 63.0 Å². The summed E-state index contributed by atoms with van der Waals surface area (Å²) < 4.78 is 0. The quantitative estimate of drug-likeness (QED) is 0.789. The summed E-state index contributed by atoms with van der Waals surface area (Å²) in [5.41, 5.74) is 2.94. The fourth-order valence-corrected chi connectivity index (χ4v) is 2.80. The van der Waals surface area contributed by atoms with Crippen LogP contribution in [0.2, 0.25) is 0 Å². The maximum absolute atomic E-state index is 3.68. The van der Waals surface area contributed by atoms with E-state index < -0.39 is 0 Å². The molecule has 0 bridgehead atoms. The number of hydrogen-bond donors (Lipinski definition) is 1. The van der Waals surface area contributed by atoms with Gasteiger partial charge in [0.15, 0.2) is 0 Å². The molecule has 1 N–H and O–H groups in total. The van der Waals surface area contributed by atoms with E-state index in [2.05, 4.69) is 43.4 Å². The number of rotatable bonds is 6. The second kappa shape index (κ2) is 6.94. The van der Waals surface area contributed by atoms with E-state index in [0.717, 1.165) is 19.0 Å². The number of hydrogen-bond acceptors (Lipinski definition) is 1. The minimum Gasteiger partial charge on any atom is -0.314 e. The maximum atomic E-state index is 3.68. The van der Waals surface area contributed by atoms with Gasteiger partial charge in [0.1, 0.15) is 0 Å². The van der Waals surface area contributed by atoms with Crippen molar-refractivity contribution < 1.29 is 0 Å². The lowest BCUT2D eigenvalue weighted by Gasteiger charge is -2.12. The molecule has 18 heavy (non-hydrogen) atoms. The third kappa shape index (κ3) is 3.84. The van der Waals surface area contributed by atoms with Crippen molar-refractivity contribution in [2.45, 2.75) is 64.3 Å². The van der Waals surface area contributed by atoms with Crippen molar-refractivity contribution in [2.24, 2.45) is 0 Å². The fourth-order valence-electron chi connectivity index (χ4n) is 2.80. The molecular weight excluding hydrogens is 218 g/mol. The Morgan fingerprint density at radius 1 is 1.17 bits per heavy atom. The molecule has 1 saturated carbocycles. The molecule has 1 aromatic rings. The molecule has 2 rings (SSSR count). The van der Waals surface area contributed by atoms with Crippen LogP contribution < -0.4 is 5.32 Å². The Bertz CT molecular complexity index is 335. The van der Waals surface area contributed by atoms with E-state index in [-0.39, 0.29) is 0 Å². The predicted molar refractivity (Wildman–Crippen MR) is 79.1 cm³/mol. The number of nitrogens with one attached hydrogen (secondary N) is 1. The molecule has 1 heteroatoms. The van der Waals surface area contributed by atoms with Gasteiger partial charge in [-0.1, -0.05) is 51.0 Å². The standard InChI is InChI=1S/C17H27N/c1-3-14(2)16-10-8-15(9-11-16)12-13-18-17-6-4-5-7-17/h8-11,14,17-18H,3-7,12-13H2,1-2H3. The Morgan fingerprint density at radius 3 is 2.44 bits per heavy atom. The van der Waals surface area contributed by atoms with Gasteiger partial charge in [-0.05, 0) is 49.3 Å². The topological polar surface area (TPSA) is 12.0 Å². The largest absolute Gasteiger partial charge is 0.314 e. The molecule has 0 amide bonds. The van der Waals surface area contributed by atoms with Crippen molar-refractivity contribution in [3.63, 3.8) is 0 Å². The van der Waals surface area contributed by atoms with Crippen molar-refractivity contribution in [1.82, 2.24) is 5.32 Å². The van der Waals surface area contributed by atoms with Crippen molar-refractivity contribution in [3.05, 3.63) is 35.4 Å². The summed E-state index contributed by atoms with van der Waals surface area (Å²) in [4.78, 5) is 0. The summed E-state index contributed by atoms with van der Waals surface area (Å²) in [6.45, 7) is 5.69. The van der Waals surface area contributed by atoms with Crippen LogP contribution in [0, 0.1) is 0 Å². The Kier molecular flexibility index (Phi) is 5.25. The van der Waals surface area contributed by atoms with Crippen LogP contribution in [0.15, 0.2) is 24.3 Å². The van der Waals surface area contributed by atoms with Crippen molar-refractivity contribution in [1.29, 1.82) is 0 Å². The summed E-state index contributed by atoms with van der Waals surface area (Å²) in [5, 5.41) is 3.68. The highest BCUT2D eigenvalue weighted by Crippen LogP contribution is 2.19. The Balaban J connectivity index is 1.75. The third-order valence-corrected chi connectivity index (χ3v) is 4.36.